The highest BCUT2D eigenvalue weighted by molar-refractivity contribution is 5.89. The molecule has 0 amide bonds. The summed E-state index contributed by atoms with van der Waals surface area (Å²) in [7, 11) is 0. The van der Waals surface area contributed by atoms with E-state index in [0.717, 1.165) is 0 Å². The Bertz CT molecular complexity index is 202. The molecule has 0 aliphatic carbocycles. The first kappa shape index (κ1) is 8.18. The summed E-state index contributed by atoms with van der Waals surface area (Å²) < 4.78 is 10.6. The van der Waals surface area contributed by atoms with Crippen molar-refractivity contribution in [1.29, 1.82) is 0 Å². The largest absolute Gasteiger partial charge is 0.405 e. The van der Waals surface area contributed by atoms with Gasteiger partial charge in [0.05, 0.1) is 5.41 Å². The van der Waals surface area contributed by atoms with E-state index in [1.807, 2.05) is 0 Å². The van der Waals surface area contributed by atoms with Crippen molar-refractivity contribution in [3.05, 3.63) is 19.1 Å². The Morgan fingerprint density at radius 3 is 2.73 bits per heavy atom. The van der Waals surface area contributed by atoms with Gasteiger partial charge in [-0.05, 0) is 13.8 Å². The first-order valence-electron chi connectivity index (χ1n) is 3.65. The minimum atomic E-state index is 0.110. The molecular formula is C9H14O2. The summed E-state index contributed by atoms with van der Waals surface area (Å²) >= 11 is 0. The Morgan fingerprint density at radius 1 is 1.73 bits per heavy atom. The van der Waals surface area contributed by atoms with Crippen molar-refractivity contribution in [3.63, 3.8) is 0 Å². The van der Waals surface area contributed by atoms with Gasteiger partial charge in [0.2, 0.25) is 0 Å². The van der Waals surface area contributed by atoms with Crippen LogP contribution < -0.4 is 0 Å². The lowest BCUT2D eigenvalue weighted by molar-refractivity contribution is -0.497. The van der Waals surface area contributed by atoms with E-state index in [9.17, 15) is 0 Å². The van der Waals surface area contributed by atoms with E-state index in [-0.39, 0.29) is 5.41 Å². The monoisotopic (exact) mass is 154 g/mol. The summed E-state index contributed by atoms with van der Waals surface area (Å²) in [6.45, 7) is 12.8. The lowest BCUT2D eigenvalue weighted by Crippen LogP contribution is -2.32. The second kappa shape index (κ2) is 2.61. The minimum Gasteiger partial charge on any atom is -0.375 e. The topological polar surface area (TPSA) is 20.5 Å². The van der Waals surface area contributed by atoms with Crippen LogP contribution in [0.1, 0.15) is 13.8 Å². The molecule has 0 spiro atoms. The van der Waals surface area contributed by atoms with Crippen LogP contribution in [0.3, 0.4) is 0 Å². The molecule has 62 valence electrons. The van der Waals surface area contributed by atoms with Crippen LogP contribution in [-0.2, 0) is 9.16 Å². The van der Waals surface area contributed by atoms with E-state index >= 15 is 0 Å². The van der Waals surface area contributed by atoms with Crippen molar-refractivity contribution in [3.8, 4) is 0 Å². The average molecular weight is 154 g/mol. The molecule has 1 rings (SSSR count). The van der Waals surface area contributed by atoms with Gasteiger partial charge in [0.25, 0.3) is 0 Å². The molecule has 0 aromatic heterocycles. The molecular weight excluding hydrogens is 140 g/mol. The third-order valence-electron chi connectivity index (χ3n) is 1.48. The van der Waals surface area contributed by atoms with Gasteiger partial charge < -0.3 is 9.16 Å². The zero-order valence-electron chi connectivity index (χ0n) is 7.14. The fraction of sp³-hybridized carbons (Fsp3) is 0.556. The quantitative estimate of drug-likeness (QED) is 0.242. The third kappa shape index (κ3) is 2.00. The number of rotatable bonds is 1. The molecule has 1 heterocycles. The predicted molar refractivity (Wildman–Crippen MR) is 44.1 cm³/mol. The number of ether oxygens (including phenoxy) is 1. The first-order valence-corrected chi connectivity index (χ1v) is 3.65. The van der Waals surface area contributed by atoms with Crippen molar-refractivity contribution in [1.82, 2.24) is 0 Å². The zero-order valence-corrected chi connectivity index (χ0v) is 7.14. The van der Waals surface area contributed by atoms with E-state index in [1.165, 1.54) is 0 Å². The van der Waals surface area contributed by atoms with Crippen LogP contribution in [0.2, 0.25) is 0 Å². The molecule has 1 aliphatic rings. The van der Waals surface area contributed by atoms with E-state index in [0.29, 0.717) is 24.8 Å². The van der Waals surface area contributed by atoms with Crippen LogP contribution in [0.15, 0.2) is 12.2 Å². The van der Waals surface area contributed by atoms with Gasteiger partial charge in [-0.3, -0.25) is 0 Å². The fourth-order valence-electron chi connectivity index (χ4n) is 0.809. The first-order chi connectivity index (χ1) is 5.01. The van der Waals surface area contributed by atoms with Crippen molar-refractivity contribution in [2.24, 2.45) is 5.41 Å². The highest BCUT2D eigenvalue weighted by Gasteiger charge is 2.30. The van der Waals surface area contributed by atoms with Crippen molar-refractivity contribution < 1.29 is 9.16 Å². The number of cyclic esters (lactones) is 1. The van der Waals surface area contributed by atoms with E-state index in [4.69, 9.17) is 9.16 Å². The fourth-order valence-corrected chi connectivity index (χ4v) is 0.809. The molecule has 0 radical (unpaired) electrons. The van der Waals surface area contributed by atoms with E-state index in [1.54, 1.807) is 0 Å². The zero-order chi connectivity index (χ0) is 8.48. The molecule has 0 fully saturated rings. The van der Waals surface area contributed by atoms with Gasteiger partial charge in [0, 0.05) is 0 Å². The summed E-state index contributed by atoms with van der Waals surface area (Å²) in [6.07, 6.45) is 0. The van der Waals surface area contributed by atoms with Crippen molar-refractivity contribution in [2.75, 3.05) is 13.2 Å². The highest BCUT2D eigenvalue weighted by Crippen LogP contribution is 2.18. The van der Waals surface area contributed by atoms with Gasteiger partial charge in [-0.25, -0.2) is 0 Å². The van der Waals surface area contributed by atoms with Gasteiger partial charge >= 0.3 is 5.97 Å². The smallest absolute Gasteiger partial charge is 0.375 e. The second-order valence-corrected chi connectivity index (χ2v) is 3.63. The Hall–Kier alpha value is -0.920. The molecule has 0 atom stereocenters. The summed E-state index contributed by atoms with van der Waals surface area (Å²) in [5.74, 6) is 0.490. The number of hydrogen-bond donors (Lipinski definition) is 0. The third-order valence-corrected chi connectivity index (χ3v) is 1.48. The Morgan fingerprint density at radius 2 is 2.36 bits per heavy atom. The Kier molecular flexibility index (Phi) is 1.94. The Balaban J connectivity index is 2.65. The van der Waals surface area contributed by atoms with Crippen LogP contribution in [-0.4, -0.2) is 19.2 Å². The van der Waals surface area contributed by atoms with Crippen molar-refractivity contribution in [2.45, 2.75) is 13.8 Å². The maximum absolute atomic E-state index is 5.29. The number of hydrogen-bond acceptors (Lipinski definition) is 1. The molecule has 0 aromatic carbocycles. The molecule has 2 heteroatoms. The molecule has 0 saturated carbocycles. The molecule has 0 N–H and O–H groups in total. The van der Waals surface area contributed by atoms with Gasteiger partial charge in [-0.1, -0.05) is 5.57 Å². The van der Waals surface area contributed by atoms with Gasteiger partial charge in [0.1, 0.15) is 0 Å². The standard InChI is InChI=1S/C9H14O2/c1-7(2)8-10-5-9(3,4)6-11-8/h1-2,5-6H2,3-4H3. The highest BCUT2D eigenvalue weighted by atomic mass is 16.6. The average Bonchev–Trinajstić information content (AvgIpc) is 1.86. The molecule has 0 bridgehead atoms. The summed E-state index contributed by atoms with van der Waals surface area (Å²) in [5, 5.41) is 0. The van der Waals surface area contributed by atoms with Gasteiger partial charge in [-0.15, -0.1) is 0 Å². The molecule has 0 aromatic rings. The van der Waals surface area contributed by atoms with Crippen LogP contribution in [0.25, 0.3) is 0 Å². The van der Waals surface area contributed by atoms with Crippen LogP contribution in [0, 0.1) is 12.3 Å². The van der Waals surface area contributed by atoms with Crippen LogP contribution in [0.4, 0.5) is 0 Å². The van der Waals surface area contributed by atoms with Gasteiger partial charge in [0.15, 0.2) is 13.2 Å². The lowest BCUT2D eigenvalue weighted by Gasteiger charge is -2.21. The molecule has 11 heavy (non-hydrogen) atoms. The molecule has 0 unspecified atom stereocenters. The molecule has 2 nitrogen and oxygen atoms in total. The summed E-state index contributed by atoms with van der Waals surface area (Å²) in [5.41, 5.74) is 0.722. The van der Waals surface area contributed by atoms with E-state index < -0.39 is 0 Å². The summed E-state index contributed by atoms with van der Waals surface area (Å²) in [6, 6.07) is 0. The van der Waals surface area contributed by atoms with Gasteiger partial charge in [-0.2, -0.15) is 13.5 Å². The van der Waals surface area contributed by atoms with Crippen LogP contribution in [0.5, 0.6) is 0 Å². The predicted octanol–water partition coefficient (Wildman–Crippen LogP) is 1.50. The SMILES string of the molecule is C=C([CH2-])C1=[O+]CC(C)(C)CO1. The van der Waals surface area contributed by atoms with Crippen molar-refractivity contribution >= 4 is 5.97 Å². The second-order valence-electron chi connectivity index (χ2n) is 3.63. The molecule has 1 aliphatic heterocycles. The Labute approximate surface area is 67.6 Å². The van der Waals surface area contributed by atoms with Crippen LogP contribution >= 0.6 is 0 Å². The molecule has 0 saturated heterocycles. The maximum atomic E-state index is 5.29. The minimum absolute atomic E-state index is 0.110. The lowest BCUT2D eigenvalue weighted by atomic mass is 9.96. The number of carbonyl (C=O) groups excluding carboxylic acids is 1. The van der Waals surface area contributed by atoms with E-state index in [2.05, 4.69) is 27.4 Å². The summed E-state index contributed by atoms with van der Waals surface area (Å²) in [4.78, 5) is 0. The maximum Gasteiger partial charge on any atom is 0.405 e. The number of esters is 1. The normalized spacial score (nSPS) is 21.8.